The van der Waals surface area contributed by atoms with Gasteiger partial charge in [-0.15, -0.1) is 0 Å². The van der Waals surface area contributed by atoms with Crippen molar-refractivity contribution < 1.29 is 25.9 Å². The monoisotopic (exact) mass is 294 g/mol. The third kappa shape index (κ3) is 3.77. The standard InChI is InChI=1S/C10H14O6S2/c1-2-3-4-8-5-6-9(17(11,12)13)7-10(8)18(14,15)16/h5-7H,2-4H2,1H3,(H,11,12,13)(H,14,15,16). The van der Waals surface area contributed by atoms with Crippen molar-refractivity contribution in [2.75, 3.05) is 0 Å². The molecule has 0 saturated carbocycles. The van der Waals surface area contributed by atoms with E-state index in [1.807, 2.05) is 6.92 Å². The Morgan fingerprint density at radius 2 is 1.67 bits per heavy atom. The highest BCUT2D eigenvalue weighted by Crippen LogP contribution is 2.22. The second kappa shape index (κ2) is 5.35. The van der Waals surface area contributed by atoms with Crippen LogP contribution in [0.1, 0.15) is 25.3 Å². The number of hydrogen-bond acceptors (Lipinski definition) is 4. The molecule has 0 saturated heterocycles. The molecule has 1 rings (SSSR count). The van der Waals surface area contributed by atoms with Crippen molar-refractivity contribution in [3.05, 3.63) is 23.8 Å². The maximum absolute atomic E-state index is 11.2. The zero-order chi connectivity index (χ0) is 14.0. The zero-order valence-electron chi connectivity index (χ0n) is 9.70. The van der Waals surface area contributed by atoms with Crippen LogP contribution in [0.3, 0.4) is 0 Å². The maximum atomic E-state index is 11.2. The third-order valence-corrected chi connectivity index (χ3v) is 4.20. The Morgan fingerprint density at radius 3 is 2.11 bits per heavy atom. The van der Waals surface area contributed by atoms with E-state index in [9.17, 15) is 16.8 Å². The van der Waals surface area contributed by atoms with Gasteiger partial charge in [0.05, 0.1) is 9.79 Å². The van der Waals surface area contributed by atoms with Crippen LogP contribution in [0.4, 0.5) is 0 Å². The van der Waals surface area contributed by atoms with Crippen LogP contribution in [0.5, 0.6) is 0 Å². The van der Waals surface area contributed by atoms with Crippen molar-refractivity contribution in [1.82, 2.24) is 0 Å². The van der Waals surface area contributed by atoms with Crippen LogP contribution in [0.15, 0.2) is 28.0 Å². The molecular weight excluding hydrogens is 280 g/mol. The smallest absolute Gasteiger partial charge is 0.282 e. The van der Waals surface area contributed by atoms with E-state index in [0.717, 1.165) is 18.6 Å². The summed E-state index contributed by atoms with van der Waals surface area (Å²) in [6, 6.07) is 3.15. The number of aryl methyl sites for hydroxylation is 1. The summed E-state index contributed by atoms with van der Waals surface area (Å²) in [5.41, 5.74) is 0.326. The first kappa shape index (κ1) is 15.1. The van der Waals surface area contributed by atoms with Crippen molar-refractivity contribution >= 4 is 20.2 Å². The summed E-state index contributed by atoms with van der Waals surface area (Å²) in [6.07, 6.45) is 1.93. The molecule has 1 aromatic carbocycles. The molecule has 0 radical (unpaired) electrons. The molecule has 18 heavy (non-hydrogen) atoms. The Bertz CT molecular complexity index is 630. The van der Waals surface area contributed by atoms with Gasteiger partial charge in [0, 0.05) is 0 Å². The highest BCUT2D eigenvalue weighted by molar-refractivity contribution is 7.86. The number of unbranched alkanes of at least 4 members (excludes halogenated alkanes) is 1. The SMILES string of the molecule is CCCCc1ccc(S(=O)(=O)O)cc1S(=O)(=O)O. The van der Waals surface area contributed by atoms with E-state index in [4.69, 9.17) is 9.11 Å². The summed E-state index contributed by atoms with van der Waals surface area (Å²) >= 11 is 0. The fraction of sp³-hybridized carbons (Fsp3) is 0.400. The molecule has 0 bridgehead atoms. The Morgan fingerprint density at radius 1 is 1.06 bits per heavy atom. The quantitative estimate of drug-likeness (QED) is 0.797. The molecule has 102 valence electrons. The lowest BCUT2D eigenvalue weighted by Gasteiger charge is -2.08. The predicted octanol–water partition coefficient (Wildman–Crippen LogP) is 1.52. The summed E-state index contributed by atoms with van der Waals surface area (Å²) in [7, 11) is -9.02. The minimum atomic E-state index is -4.52. The van der Waals surface area contributed by atoms with Gasteiger partial charge in [0.15, 0.2) is 0 Å². The average Bonchev–Trinajstić information content (AvgIpc) is 2.23. The van der Waals surface area contributed by atoms with E-state index in [-0.39, 0.29) is 0 Å². The highest BCUT2D eigenvalue weighted by Gasteiger charge is 2.19. The molecule has 0 aliphatic carbocycles. The van der Waals surface area contributed by atoms with Gasteiger partial charge in [-0.05, 0) is 30.5 Å². The van der Waals surface area contributed by atoms with Crippen LogP contribution >= 0.6 is 0 Å². The average molecular weight is 294 g/mol. The number of benzene rings is 1. The van der Waals surface area contributed by atoms with Crippen LogP contribution < -0.4 is 0 Å². The largest absolute Gasteiger partial charge is 0.294 e. The van der Waals surface area contributed by atoms with Crippen molar-refractivity contribution in [3.63, 3.8) is 0 Å². The van der Waals surface area contributed by atoms with Gasteiger partial charge in [-0.2, -0.15) is 16.8 Å². The van der Waals surface area contributed by atoms with Crippen LogP contribution in [-0.4, -0.2) is 25.9 Å². The second-order valence-corrected chi connectivity index (χ2v) is 6.63. The Kier molecular flexibility index (Phi) is 4.49. The topological polar surface area (TPSA) is 109 Å². The highest BCUT2D eigenvalue weighted by atomic mass is 32.2. The molecular formula is C10H14O6S2. The molecule has 2 N–H and O–H groups in total. The molecule has 0 fully saturated rings. The van der Waals surface area contributed by atoms with Crippen LogP contribution in [0, 0.1) is 0 Å². The van der Waals surface area contributed by atoms with Crippen LogP contribution in [0.2, 0.25) is 0 Å². The molecule has 8 heteroatoms. The van der Waals surface area contributed by atoms with Crippen molar-refractivity contribution in [1.29, 1.82) is 0 Å². The van der Waals surface area contributed by atoms with E-state index in [0.29, 0.717) is 18.4 Å². The molecule has 0 unspecified atom stereocenters. The molecule has 0 amide bonds. The number of rotatable bonds is 5. The van der Waals surface area contributed by atoms with Gasteiger partial charge < -0.3 is 0 Å². The zero-order valence-corrected chi connectivity index (χ0v) is 11.3. The van der Waals surface area contributed by atoms with Crippen molar-refractivity contribution in [3.8, 4) is 0 Å². The van der Waals surface area contributed by atoms with Gasteiger partial charge >= 0.3 is 0 Å². The van der Waals surface area contributed by atoms with Crippen molar-refractivity contribution in [2.24, 2.45) is 0 Å². The van der Waals surface area contributed by atoms with Gasteiger partial charge in [0.2, 0.25) is 0 Å². The van der Waals surface area contributed by atoms with E-state index in [2.05, 4.69) is 0 Å². The molecule has 0 aromatic heterocycles. The van der Waals surface area contributed by atoms with E-state index in [1.54, 1.807) is 0 Å². The normalized spacial score (nSPS) is 12.6. The third-order valence-electron chi connectivity index (χ3n) is 2.41. The molecule has 0 aliphatic rings. The predicted molar refractivity (Wildman–Crippen MR) is 64.7 cm³/mol. The number of hydrogen-bond donors (Lipinski definition) is 2. The van der Waals surface area contributed by atoms with Gasteiger partial charge in [-0.1, -0.05) is 19.4 Å². The van der Waals surface area contributed by atoms with Crippen LogP contribution in [-0.2, 0) is 26.7 Å². The lowest BCUT2D eigenvalue weighted by molar-refractivity contribution is 0.480. The van der Waals surface area contributed by atoms with E-state index < -0.39 is 30.0 Å². The fourth-order valence-electron chi connectivity index (χ4n) is 1.51. The van der Waals surface area contributed by atoms with Crippen molar-refractivity contribution in [2.45, 2.75) is 36.0 Å². The lowest BCUT2D eigenvalue weighted by Crippen LogP contribution is -2.07. The fourth-order valence-corrected chi connectivity index (χ4v) is 2.87. The maximum Gasteiger partial charge on any atom is 0.294 e. The molecule has 0 aliphatic heterocycles. The Hall–Kier alpha value is -0.960. The molecule has 0 spiro atoms. The minimum absolute atomic E-state index is 0.326. The summed E-state index contributed by atoms with van der Waals surface area (Å²) in [4.78, 5) is -1.04. The summed E-state index contributed by atoms with van der Waals surface area (Å²) in [5.74, 6) is 0. The van der Waals surface area contributed by atoms with Crippen LogP contribution in [0.25, 0.3) is 0 Å². The van der Waals surface area contributed by atoms with Gasteiger partial charge in [-0.25, -0.2) is 0 Å². The summed E-state index contributed by atoms with van der Waals surface area (Å²) in [5, 5.41) is 0. The Balaban J connectivity index is 3.40. The first-order valence-electron chi connectivity index (χ1n) is 5.24. The van der Waals surface area contributed by atoms with E-state index >= 15 is 0 Å². The molecule has 0 atom stereocenters. The molecule has 0 heterocycles. The molecule has 6 nitrogen and oxygen atoms in total. The van der Waals surface area contributed by atoms with Gasteiger partial charge in [-0.3, -0.25) is 9.11 Å². The second-order valence-electron chi connectivity index (χ2n) is 3.82. The van der Waals surface area contributed by atoms with E-state index in [1.165, 1.54) is 6.07 Å². The van der Waals surface area contributed by atoms with Gasteiger partial charge in [0.1, 0.15) is 0 Å². The first-order valence-corrected chi connectivity index (χ1v) is 8.12. The Labute approximate surface area is 106 Å². The molecule has 1 aromatic rings. The minimum Gasteiger partial charge on any atom is -0.282 e. The van der Waals surface area contributed by atoms with Gasteiger partial charge in [0.25, 0.3) is 20.2 Å². The lowest BCUT2D eigenvalue weighted by atomic mass is 10.1. The summed E-state index contributed by atoms with van der Waals surface area (Å²) < 4.78 is 62.1. The first-order chi connectivity index (χ1) is 8.16. The summed E-state index contributed by atoms with van der Waals surface area (Å²) in [6.45, 7) is 1.92.